The molecule has 1 aromatic carbocycles. The van der Waals surface area contributed by atoms with E-state index in [1.807, 2.05) is 14.0 Å². The van der Waals surface area contributed by atoms with Crippen molar-refractivity contribution in [3.8, 4) is 5.88 Å². The van der Waals surface area contributed by atoms with Crippen molar-refractivity contribution < 1.29 is 41.0 Å². The van der Waals surface area contributed by atoms with E-state index >= 15 is 8.78 Å². The molecule has 2 aliphatic heterocycles. The molecule has 0 spiro atoms. The van der Waals surface area contributed by atoms with Gasteiger partial charge in [-0.25, -0.2) is 18.6 Å². The number of amides is 2. The fourth-order valence-electron chi connectivity index (χ4n) is 5.52. The van der Waals surface area contributed by atoms with Crippen molar-refractivity contribution in [2.45, 2.75) is 77.6 Å². The number of halogens is 5. The average molecular weight is 712 g/mol. The molecule has 2 amide bonds. The van der Waals surface area contributed by atoms with E-state index in [1.54, 1.807) is 31.7 Å². The Balaban J connectivity index is 1.74. The second-order valence-corrected chi connectivity index (χ2v) is 20.4. The molecule has 0 bridgehead atoms. The summed E-state index contributed by atoms with van der Waals surface area (Å²) in [6.07, 6.45) is -3.00. The second kappa shape index (κ2) is 14.6. The predicted octanol–water partition coefficient (Wildman–Crippen LogP) is 7.51. The van der Waals surface area contributed by atoms with Crippen LogP contribution in [0.4, 0.5) is 38.1 Å². The smallest absolute Gasteiger partial charge is 0.417 e. The van der Waals surface area contributed by atoms with E-state index < -0.39 is 65.9 Å². The van der Waals surface area contributed by atoms with E-state index in [0.717, 1.165) is 12.3 Å². The van der Waals surface area contributed by atoms with Crippen molar-refractivity contribution in [3.05, 3.63) is 52.7 Å². The molecule has 270 valence electrons. The van der Waals surface area contributed by atoms with Crippen LogP contribution >= 0.6 is 0 Å². The second-order valence-electron chi connectivity index (χ2n) is 14.8. The number of nitrogens with zero attached hydrogens (tertiary/aromatic N) is 4. The number of piperazine rings is 1. The molecule has 2 aliphatic rings. The number of anilines is 2. The Morgan fingerprint density at radius 1 is 1.08 bits per heavy atom. The third-order valence-electron chi connectivity index (χ3n) is 8.39. The minimum atomic E-state index is -4.97. The lowest BCUT2D eigenvalue weighted by molar-refractivity contribution is -0.138. The van der Waals surface area contributed by atoms with Gasteiger partial charge in [-0.3, -0.25) is 4.79 Å². The molecule has 0 saturated carbocycles. The maximum atomic E-state index is 16.7. The topological polar surface area (TPSA) is 87.2 Å². The first-order valence-corrected chi connectivity index (χ1v) is 20.0. The number of benzene rings is 1. The van der Waals surface area contributed by atoms with Crippen LogP contribution in [-0.4, -0.2) is 92.9 Å². The normalized spacial score (nSPS) is 17.9. The van der Waals surface area contributed by atoms with Crippen LogP contribution in [0, 0.1) is 11.6 Å². The summed E-state index contributed by atoms with van der Waals surface area (Å²) in [6.45, 7) is 14.8. The van der Waals surface area contributed by atoms with Crippen LogP contribution in [0.3, 0.4) is 0 Å². The largest absolute Gasteiger partial charge is 0.478 e. The van der Waals surface area contributed by atoms with Crippen molar-refractivity contribution in [2.75, 3.05) is 56.6 Å². The van der Waals surface area contributed by atoms with Crippen molar-refractivity contribution >= 4 is 37.0 Å². The standard InChI is InChI=1S/C34H46F5N5O4Si/c1-21-19-43(13-12-42(21)5)26-17-25(35)28(22-10-9-11-44(20-22)32(46)48-33(2,3)4)29(36)30(26)41-31(45)23-18-40-27(16-24(23)34(37,38)39)47-14-15-49(6,7)8/h10,16-18,21H,9,11-15,19-20H2,1-8H3,(H,41,45). The summed E-state index contributed by atoms with van der Waals surface area (Å²) in [5, 5.41) is 2.34. The van der Waals surface area contributed by atoms with E-state index in [0.29, 0.717) is 31.7 Å². The Labute approximate surface area is 285 Å². The van der Waals surface area contributed by atoms with Gasteiger partial charge in [0.05, 0.1) is 29.0 Å². The third-order valence-corrected chi connectivity index (χ3v) is 10.1. The zero-order chi connectivity index (χ0) is 36.5. The molecule has 1 atom stereocenters. The van der Waals surface area contributed by atoms with Crippen molar-refractivity contribution in [2.24, 2.45) is 0 Å². The van der Waals surface area contributed by atoms with Gasteiger partial charge in [-0.2, -0.15) is 13.2 Å². The van der Waals surface area contributed by atoms with Gasteiger partial charge in [0.2, 0.25) is 5.88 Å². The minimum absolute atomic E-state index is 0.0136. The summed E-state index contributed by atoms with van der Waals surface area (Å²) in [5.41, 5.74) is -3.79. The average Bonchev–Trinajstić information content (AvgIpc) is 2.98. The number of aromatic nitrogens is 1. The van der Waals surface area contributed by atoms with Crippen LogP contribution in [0.5, 0.6) is 5.88 Å². The van der Waals surface area contributed by atoms with Gasteiger partial charge < -0.3 is 29.5 Å². The number of nitrogens with one attached hydrogen (secondary N) is 1. The van der Waals surface area contributed by atoms with Crippen molar-refractivity contribution in [3.63, 3.8) is 0 Å². The zero-order valence-corrected chi connectivity index (χ0v) is 30.4. The van der Waals surface area contributed by atoms with Crippen LogP contribution < -0.4 is 15.0 Å². The lowest BCUT2D eigenvalue weighted by Crippen LogP contribution is -2.50. The highest BCUT2D eigenvalue weighted by atomic mass is 28.3. The molecule has 1 N–H and O–H groups in total. The quantitative estimate of drug-likeness (QED) is 0.224. The molecule has 15 heteroatoms. The van der Waals surface area contributed by atoms with Gasteiger partial charge in [-0.05, 0) is 52.8 Å². The van der Waals surface area contributed by atoms with Crippen LogP contribution in [-0.2, 0) is 10.9 Å². The summed E-state index contributed by atoms with van der Waals surface area (Å²) >= 11 is 0. The molecular formula is C34H46F5N5O4Si. The molecular weight excluding hydrogens is 665 g/mol. The highest BCUT2D eigenvalue weighted by Crippen LogP contribution is 2.40. The highest BCUT2D eigenvalue weighted by molar-refractivity contribution is 6.76. The predicted molar refractivity (Wildman–Crippen MR) is 182 cm³/mol. The van der Waals surface area contributed by atoms with Gasteiger partial charge in [-0.1, -0.05) is 25.7 Å². The van der Waals surface area contributed by atoms with Gasteiger partial charge >= 0.3 is 12.3 Å². The lowest BCUT2D eigenvalue weighted by atomic mass is 9.97. The Morgan fingerprint density at radius 3 is 2.39 bits per heavy atom. The fraction of sp³-hybridized carbons (Fsp3) is 0.559. The molecule has 3 heterocycles. The Kier molecular flexibility index (Phi) is 11.4. The lowest BCUT2D eigenvalue weighted by Gasteiger charge is -2.40. The molecule has 1 saturated heterocycles. The molecule has 1 aromatic heterocycles. The van der Waals surface area contributed by atoms with Crippen molar-refractivity contribution in [1.29, 1.82) is 0 Å². The van der Waals surface area contributed by atoms with Crippen molar-refractivity contribution in [1.82, 2.24) is 14.8 Å². The molecule has 0 aliphatic carbocycles. The molecule has 2 aromatic rings. The SMILES string of the molecule is CC1CN(c2cc(F)c(C3=CCCN(C(=O)OC(C)(C)C)C3)c(F)c2NC(=O)c2cnc(OCC[Si](C)(C)C)cc2C(F)(F)F)CCN1C. The minimum Gasteiger partial charge on any atom is -0.478 e. The van der Waals surface area contributed by atoms with Crippen LogP contribution in [0.15, 0.2) is 24.4 Å². The molecule has 0 radical (unpaired) electrons. The maximum Gasteiger partial charge on any atom is 0.417 e. The molecule has 9 nitrogen and oxygen atoms in total. The first kappa shape index (κ1) is 38.1. The Bertz CT molecular complexity index is 1590. The van der Waals surface area contributed by atoms with Gasteiger partial charge in [-0.15, -0.1) is 0 Å². The summed E-state index contributed by atoms with van der Waals surface area (Å²) < 4.78 is 86.5. The number of alkyl halides is 3. The van der Waals surface area contributed by atoms with E-state index in [2.05, 4.69) is 34.8 Å². The van der Waals surface area contributed by atoms with Gasteiger partial charge in [0.1, 0.15) is 17.1 Å². The van der Waals surface area contributed by atoms with E-state index in [1.165, 1.54) is 4.90 Å². The third kappa shape index (κ3) is 9.71. The van der Waals surface area contributed by atoms with Gasteiger partial charge in [0, 0.05) is 65.2 Å². The number of likely N-dealkylation sites (N-methyl/N-ethyl adjacent to an activating group) is 1. The van der Waals surface area contributed by atoms with E-state index in [9.17, 15) is 22.8 Å². The summed E-state index contributed by atoms with van der Waals surface area (Å²) in [6, 6.07) is 2.40. The molecule has 1 fully saturated rings. The molecule has 4 rings (SSSR count). The summed E-state index contributed by atoms with van der Waals surface area (Å²) in [4.78, 5) is 35.5. The number of carbonyl (C=O) groups excluding carboxylic acids is 2. The number of carbonyl (C=O) groups is 2. The van der Waals surface area contributed by atoms with Gasteiger partial charge in [0.25, 0.3) is 5.91 Å². The number of pyridine rings is 1. The number of rotatable bonds is 8. The summed E-state index contributed by atoms with van der Waals surface area (Å²) in [5.74, 6) is -3.67. The highest BCUT2D eigenvalue weighted by Gasteiger charge is 2.38. The van der Waals surface area contributed by atoms with Crippen LogP contribution in [0.25, 0.3) is 5.57 Å². The Morgan fingerprint density at radius 2 is 1.78 bits per heavy atom. The van der Waals surface area contributed by atoms with Crippen LogP contribution in [0.2, 0.25) is 25.7 Å². The molecule has 49 heavy (non-hydrogen) atoms. The number of hydrogen-bond donors (Lipinski definition) is 1. The van der Waals surface area contributed by atoms with Gasteiger partial charge in [0.15, 0.2) is 5.82 Å². The fourth-order valence-corrected chi connectivity index (χ4v) is 6.23. The first-order chi connectivity index (χ1) is 22.6. The van der Waals surface area contributed by atoms with E-state index in [4.69, 9.17) is 9.47 Å². The number of hydrogen-bond acceptors (Lipinski definition) is 7. The first-order valence-electron chi connectivity index (χ1n) is 16.3. The van der Waals surface area contributed by atoms with E-state index in [-0.39, 0.29) is 49.3 Å². The maximum absolute atomic E-state index is 16.7. The van der Waals surface area contributed by atoms with Crippen LogP contribution in [0.1, 0.15) is 55.6 Å². The Hall–Kier alpha value is -3.72. The summed E-state index contributed by atoms with van der Waals surface area (Å²) in [7, 11) is 0.363. The number of ether oxygens (including phenoxy) is 2. The zero-order valence-electron chi connectivity index (χ0n) is 29.4. The molecule has 1 unspecified atom stereocenters. The monoisotopic (exact) mass is 711 g/mol.